The molecule has 0 aliphatic carbocycles. The Bertz CT molecular complexity index is 1470. The molecule has 4 aromatic carbocycles. The van der Waals surface area contributed by atoms with E-state index in [0.29, 0.717) is 11.4 Å². The van der Waals surface area contributed by atoms with Crippen LogP contribution in [0.5, 0.6) is 5.75 Å². The van der Waals surface area contributed by atoms with E-state index >= 15 is 0 Å². The number of carbonyl (C=O) groups is 1. The van der Waals surface area contributed by atoms with E-state index in [4.69, 9.17) is 4.74 Å². The average molecular weight is 515 g/mol. The number of amides is 1. The molecule has 0 radical (unpaired) electrons. The monoisotopic (exact) mass is 514 g/mol. The van der Waals surface area contributed by atoms with Gasteiger partial charge in [0.25, 0.3) is 10.0 Å². The Labute approximate surface area is 218 Å². The van der Waals surface area contributed by atoms with Gasteiger partial charge in [-0.1, -0.05) is 78.9 Å². The Kier molecular flexibility index (Phi) is 7.94. The van der Waals surface area contributed by atoms with Crippen molar-refractivity contribution < 1.29 is 17.9 Å². The lowest BCUT2D eigenvalue weighted by molar-refractivity contribution is -0.120. The van der Waals surface area contributed by atoms with Crippen LogP contribution in [0.15, 0.2) is 108 Å². The minimum absolute atomic E-state index is 0.0878. The SMILES string of the molecule is COc1ccc(C)cc1N(CC(=O)NC(c1ccccc1)c1ccccc1C)S(=O)(=O)c1ccccc1. The number of anilines is 1. The fraction of sp³-hybridized carbons (Fsp3) is 0.167. The van der Waals surface area contributed by atoms with Gasteiger partial charge < -0.3 is 10.1 Å². The molecule has 0 saturated heterocycles. The number of hydrogen-bond donors (Lipinski definition) is 1. The summed E-state index contributed by atoms with van der Waals surface area (Å²) >= 11 is 0. The molecule has 0 spiro atoms. The molecule has 0 heterocycles. The standard InChI is InChI=1S/C30H30N2O4S/c1-22-18-19-28(36-3)27(20-22)32(37(34,35)25-15-8-5-9-16-25)21-29(33)31-30(24-13-6-4-7-14-24)26-17-11-10-12-23(26)2/h4-20,30H,21H2,1-3H3,(H,31,33). The van der Waals surface area contributed by atoms with Crippen LogP contribution in [0.1, 0.15) is 28.3 Å². The molecular weight excluding hydrogens is 484 g/mol. The summed E-state index contributed by atoms with van der Waals surface area (Å²) in [5.74, 6) is -0.0865. The summed E-state index contributed by atoms with van der Waals surface area (Å²) in [6.07, 6.45) is 0. The summed E-state index contributed by atoms with van der Waals surface area (Å²) in [7, 11) is -2.60. The van der Waals surface area contributed by atoms with Crippen LogP contribution >= 0.6 is 0 Å². The van der Waals surface area contributed by atoms with Gasteiger partial charge in [0.1, 0.15) is 12.3 Å². The summed E-state index contributed by atoms with van der Waals surface area (Å²) in [6.45, 7) is 3.42. The van der Waals surface area contributed by atoms with Crippen molar-refractivity contribution in [2.75, 3.05) is 18.0 Å². The van der Waals surface area contributed by atoms with Crippen molar-refractivity contribution in [1.29, 1.82) is 0 Å². The Morgan fingerprint density at radius 3 is 2.14 bits per heavy atom. The molecule has 0 saturated carbocycles. The number of aryl methyl sites for hydroxylation is 2. The number of nitrogens with one attached hydrogen (secondary N) is 1. The normalized spacial score (nSPS) is 12.0. The van der Waals surface area contributed by atoms with Gasteiger partial charge in [-0.3, -0.25) is 9.10 Å². The molecule has 1 atom stereocenters. The molecule has 1 amide bonds. The zero-order chi connectivity index (χ0) is 26.4. The molecule has 0 bridgehead atoms. The Morgan fingerprint density at radius 1 is 0.865 bits per heavy atom. The maximum atomic E-state index is 13.8. The third kappa shape index (κ3) is 5.84. The number of carbonyl (C=O) groups excluding carboxylic acids is 1. The fourth-order valence-corrected chi connectivity index (χ4v) is 5.69. The van der Waals surface area contributed by atoms with Gasteiger partial charge in [0.2, 0.25) is 5.91 Å². The molecule has 0 aliphatic rings. The molecule has 4 rings (SSSR count). The average Bonchev–Trinajstić information content (AvgIpc) is 2.92. The number of sulfonamides is 1. The number of rotatable bonds is 9. The molecule has 0 fully saturated rings. The first kappa shape index (κ1) is 26.0. The highest BCUT2D eigenvalue weighted by Crippen LogP contribution is 2.33. The van der Waals surface area contributed by atoms with Crippen LogP contribution in [0, 0.1) is 13.8 Å². The molecule has 0 aromatic heterocycles. The largest absolute Gasteiger partial charge is 0.495 e. The second kappa shape index (κ2) is 11.3. The Balaban J connectivity index is 1.75. The second-order valence-electron chi connectivity index (χ2n) is 8.77. The van der Waals surface area contributed by atoms with Crippen molar-refractivity contribution >= 4 is 21.6 Å². The van der Waals surface area contributed by atoms with E-state index in [-0.39, 0.29) is 4.90 Å². The fourth-order valence-electron chi connectivity index (χ4n) is 4.25. The Hall–Kier alpha value is -4.10. The first-order chi connectivity index (χ1) is 17.8. The highest BCUT2D eigenvalue weighted by atomic mass is 32.2. The molecule has 6 nitrogen and oxygen atoms in total. The van der Waals surface area contributed by atoms with Gasteiger partial charge >= 0.3 is 0 Å². The maximum absolute atomic E-state index is 13.8. The summed E-state index contributed by atoms with van der Waals surface area (Å²) in [5, 5.41) is 3.08. The number of benzene rings is 4. The van der Waals surface area contributed by atoms with Crippen molar-refractivity contribution in [2.24, 2.45) is 0 Å². The minimum atomic E-state index is -4.08. The molecule has 0 aliphatic heterocycles. The lowest BCUT2D eigenvalue weighted by atomic mass is 9.95. The molecule has 1 N–H and O–H groups in total. The zero-order valence-electron chi connectivity index (χ0n) is 21.1. The maximum Gasteiger partial charge on any atom is 0.264 e. The first-order valence-electron chi connectivity index (χ1n) is 11.9. The summed E-state index contributed by atoms with van der Waals surface area (Å²) < 4.78 is 34.2. The lowest BCUT2D eigenvalue weighted by Crippen LogP contribution is -2.42. The van der Waals surface area contributed by atoms with Crippen LogP contribution in [-0.2, 0) is 14.8 Å². The number of ether oxygens (including phenoxy) is 1. The van der Waals surface area contributed by atoms with Crippen LogP contribution in [0.2, 0.25) is 0 Å². The van der Waals surface area contributed by atoms with E-state index in [0.717, 1.165) is 26.6 Å². The van der Waals surface area contributed by atoms with Crippen molar-refractivity contribution in [2.45, 2.75) is 24.8 Å². The van der Waals surface area contributed by atoms with Gasteiger partial charge in [-0.05, 0) is 60.4 Å². The first-order valence-corrected chi connectivity index (χ1v) is 13.4. The Morgan fingerprint density at radius 2 is 1.49 bits per heavy atom. The minimum Gasteiger partial charge on any atom is -0.495 e. The topological polar surface area (TPSA) is 75.7 Å². The van der Waals surface area contributed by atoms with E-state index in [2.05, 4.69) is 5.32 Å². The highest BCUT2D eigenvalue weighted by molar-refractivity contribution is 7.92. The van der Waals surface area contributed by atoms with Crippen molar-refractivity contribution in [3.63, 3.8) is 0 Å². The van der Waals surface area contributed by atoms with Gasteiger partial charge in [0, 0.05) is 0 Å². The van der Waals surface area contributed by atoms with Crippen molar-refractivity contribution in [3.8, 4) is 5.75 Å². The van der Waals surface area contributed by atoms with E-state index in [9.17, 15) is 13.2 Å². The zero-order valence-corrected chi connectivity index (χ0v) is 21.9. The van der Waals surface area contributed by atoms with Crippen LogP contribution in [0.3, 0.4) is 0 Å². The van der Waals surface area contributed by atoms with Crippen molar-refractivity contribution in [1.82, 2.24) is 5.32 Å². The molecule has 4 aromatic rings. The third-order valence-electron chi connectivity index (χ3n) is 6.16. The van der Waals surface area contributed by atoms with E-state index in [1.165, 1.54) is 19.2 Å². The highest BCUT2D eigenvalue weighted by Gasteiger charge is 2.30. The second-order valence-corrected chi connectivity index (χ2v) is 10.6. The summed E-state index contributed by atoms with van der Waals surface area (Å²) in [5.41, 5.74) is 3.99. The van der Waals surface area contributed by atoms with Crippen LogP contribution in [0.4, 0.5) is 5.69 Å². The quantitative estimate of drug-likeness (QED) is 0.324. The predicted octanol–water partition coefficient (Wildman–Crippen LogP) is 5.41. The number of hydrogen-bond acceptors (Lipinski definition) is 4. The van der Waals surface area contributed by atoms with Crippen molar-refractivity contribution in [3.05, 3.63) is 125 Å². The van der Waals surface area contributed by atoms with Gasteiger partial charge in [-0.2, -0.15) is 0 Å². The summed E-state index contributed by atoms with van der Waals surface area (Å²) in [6, 6.07) is 30.3. The number of nitrogens with zero attached hydrogens (tertiary/aromatic N) is 1. The molecule has 7 heteroatoms. The van der Waals surface area contributed by atoms with Gasteiger partial charge in [0.15, 0.2) is 0 Å². The van der Waals surface area contributed by atoms with Gasteiger partial charge in [-0.15, -0.1) is 0 Å². The van der Waals surface area contributed by atoms with Gasteiger partial charge in [0.05, 0.1) is 23.7 Å². The third-order valence-corrected chi connectivity index (χ3v) is 7.93. The smallest absolute Gasteiger partial charge is 0.264 e. The van der Waals surface area contributed by atoms with Crippen LogP contribution in [-0.4, -0.2) is 28.0 Å². The van der Waals surface area contributed by atoms with E-state index < -0.39 is 28.5 Å². The van der Waals surface area contributed by atoms with Crippen LogP contribution < -0.4 is 14.4 Å². The molecule has 190 valence electrons. The molecular formula is C30H30N2O4S. The summed E-state index contributed by atoms with van der Waals surface area (Å²) in [4.78, 5) is 13.7. The predicted molar refractivity (Wildman–Crippen MR) is 146 cm³/mol. The molecule has 37 heavy (non-hydrogen) atoms. The lowest BCUT2D eigenvalue weighted by Gasteiger charge is -2.28. The van der Waals surface area contributed by atoms with Crippen LogP contribution in [0.25, 0.3) is 0 Å². The van der Waals surface area contributed by atoms with E-state index in [1.807, 2.05) is 74.5 Å². The van der Waals surface area contributed by atoms with E-state index in [1.54, 1.807) is 30.3 Å². The molecule has 1 unspecified atom stereocenters. The van der Waals surface area contributed by atoms with Gasteiger partial charge in [-0.25, -0.2) is 8.42 Å². The number of methoxy groups -OCH3 is 1.